The largest absolute Gasteiger partial charge is 0.493 e. The summed E-state index contributed by atoms with van der Waals surface area (Å²) in [6, 6.07) is 8.94. The molecule has 0 saturated carbocycles. The first-order valence-electron chi connectivity index (χ1n) is 10.1. The monoisotopic (exact) mass is 441 g/mol. The first kappa shape index (κ1) is 22.9. The van der Waals surface area contributed by atoms with E-state index in [9.17, 15) is 14.4 Å². The number of anilines is 1. The van der Waals surface area contributed by atoms with Crippen LogP contribution in [0.1, 0.15) is 18.4 Å². The van der Waals surface area contributed by atoms with Crippen molar-refractivity contribution in [1.29, 1.82) is 0 Å². The summed E-state index contributed by atoms with van der Waals surface area (Å²) in [5.41, 5.74) is 1.95. The number of aryl methyl sites for hydroxylation is 2. The molecule has 0 bridgehead atoms. The number of rotatable bonds is 9. The lowest BCUT2D eigenvalue weighted by Crippen LogP contribution is -2.27. The summed E-state index contributed by atoms with van der Waals surface area (Å²) in [6.07, 6.45) is 0.706. The molecule has 0 unspecified atom stereocenters. The molecule has 2 amide bonds. The Kier molecular flexibility index (Phi) is 7.14. The Morgan fingerprint density at radius 1 is 0.969 bits per heavy atom. The highest BCUT2D eigenvalue weighted by Gasteiger charge is 2.12. The molecule has 170 valence electrons. The molecule has 0 atom stereocenters. The molecular formula is C22H27N5O5. The first-order valence-corrected chi connectivity index (χ1v) is 10.1. The number of benzene rings is 1. The average Bonchev–Trinajstić information content (AvgIpc) is 3.01. The molecule has 2 aromatic heterocycles. The van der Waals surface area contributed by atoms with Crippen LogP contribution in [-0.2, 0) is 30.1 Å². The van der Waals surface area contributed by atoms with Gasteiger partial charge in [0.05, 0.1) is 19.7 Å². The summed E-state index contributed by atoms with van der Waals surface area (Å²) >= 11 is 0. The van der Waals surface area contributed by atoms with Gasteiger partial charge in [0.2, 0.25) is 11.8 Å². The van der Waals surface area contributed by atoms with Crippen LogP contribution in [-0.4, -0.2) is 46.7 Å². The summed E-state index contributed by atoms with van der Waals surface area (Å²) in [5, 5.41) is 5.48. The van der Waals surface area contributed by atoms with Gasteiger partial charge in [0.15, 0.2) is 17.1 Å². The Morgan fingerprint density at radius 2 is 1.69 bits per heavy atom. The minimum Gasteiger partial charge on any atom is -0.493 e. The number of methoxy groups -OCH3 is 2. The van der Waals surface area contributed by atoms with Gasteiger partial charge in [-0.15, -0.1) is 0 Å². The quantitative estimate of drug-likeness (QED) is 0.518. The van der Waals surface area contributed by atoms with Gasteiger partial charge in [-0.2, -0.15) is 0 Å². The van der Waals surface area contributed by atoms with E-state index in [1.807, 2.05) is 18.2 Å². The van der Waals surface area contributed by atoms with Gasteiger partial charge in [-0.1, -0.05) is 6.07 Å². The molecule has 32 heavy (non-hydrogen) atoms. The van der Waals surface area contributed by atoms with Gasteiger partial charge in [0.1, 0.15) is 5.82 Å². The molecule has 0 aliphatic carbocycles. The third-order valence-corrected chi connectivity index (χ3v) is 5.14. The molecule has 1 aromatic carbocycles. The second-order valence-electron chi connectivity index (χ2n) is 7.28. The van der Waals surface area contributed by atoms with E-state index < -0.39 is 0 Å². The summed E-state index contributed by atoms with van der Waals surface area (Å²) < 4.78 is 13.4. The number of aromatic nitrogens is 3. The van der Waals surface area contributed by atoms with Crippen LogP contribution in [0.25, 0.3) is 11.2 Å². The normalized spacial score (nSPS) is 10.8. The zero-order valence-electron chi connectivity index (χ0n) is 18.6. The van der Waals surface area contributed by atoms with Crippen LogP contribution in [0.4, 0.5) is 5.82 Å². The average molecular weight is 441 g/mol. The van der Waals surface area contributed by atoms with Gasteiger partial charge in [-0.3, -0.25) is 18.7 Å². The molecule has 2 heterocycles. The van der Waals surface area contributed by atoms with Crippen LogP contribution in [0.3, 0.4) is 0 Å². The van der Waals surface area contributed by atoms with Crippen molar-refractivity contribution in [2.75, 3.05) is 26.1 Å². The van der Waals surface area contributed by atoms with Crippen molar-refractivity contribution in [3.8, 4) is 11.5 Å². The number of ether oxygens (including phenoxy) is 2. The Labute approximate surface area is 185 Å². The number of carbonyl (C=O) groups is 2. The molecule has 3 aromatic rings. The fourth-order valence-corrected chi connectivity index (χ4v) is 3.34. The predicted octanol–water partition coefficient (Wildman–Crippen LogP) is 1.37. The molecule has 2 N–H and O–H groups in total. The number of hydrogen-bond donors (Lipinski definition) is 2. The number of fused-ring (bicyclic) bond motifs is 1. The van der Waals surface area contributed by atoms with Crippen LogP contribution in [0.5, 0.6) is 11.5 Å². The lowest BCUT2D eigenvalue weighted by molar-refractivity contribution is -0.124. The van der Waals surface area contributed by atoms with Crippen LogP contribution < -0.4 is 25.8 Å². The molecule has 0 fully saturated rings. The van der Waals surface area contributed by atoms with Crippen molar-refractivity contribution in [1.82, 2.24) is 19.4 Å². The molecule has 0 aliphatic rings. The number of amides is 2. The van der Waals surface area contributed by atoms with Gasteiger partial charge in [-0.25, -0.2) is 9.78 Å². The van der Waals surface area contributed by atoms with E-state index in [0.717, 1.165) is 5.56 Å². The lowest BCUT2D eigenvalue weighted by atomic mass is 10.1. The van der Waals surface area contributed by atoms with Crippen LogP contribution in [0, 0.1) is 0 Å². The first-order chi connectivity index (χ1) is 15.3. The maximum Gasteiger partial charge on any atom is 0.329 e. The highest BCUT2D eigenvalue weighted by atomic mass is 16.5. The molecular weight excluding hydrogens is 414 g/mol. The fourth-order valence-electron chi connectivity index (χ4n) is 3.34. The standard InChI is InChI=1S/C22H27N5O5/c1-26-15-6-8-18(25-21(15)27(2)22(26)30)24-20(29)10-9-19(28)23-12-11-14-5-7-16(31-3)17(13-14)32-4/h5-8,13H,9-12H2,1-4H3,(H,23,28)(H,24,25,29). The van der Waals surface area contributed by atoms with Gasteiger partial charge < -0.3 is 20.1 Å². The highest BCUT2D eigenvalue weighted by molar-refractivity contribution is 5.93. The molecule has 3 rings (SSSR count). The van der Waals surface area contributed by atoms with Crippen LogP contribution in [0.15, 0.2) is 35.1 Å². The molecule has 0 aliphatic heterocycles. The van der Waals surface area contributed by atoms with Crippen molar-refractivity contribution < 1.29 is 19.1 Å². The fraction of sp³-hybridized carbons (Fsp3) is 0.364. The SMILES string of the molecule is COc1ccc(CCNC(=O)CCC(=O)Nc2ccc3c(n2)n(C)c(=O)n3C)cc1OC. The number of pyridine rings is 1. The molecule has 0 saturated heterocycles. The molecule has 10 heteroatoms. The minimum absolute atomic E-state index is 0.0234. The van der Waals surface area contributed by atoms with Gasteiger partial charge in [0.25, 0.3) is 0 Å². The zero-order chi connectivity index (χ0) is 23.3. The second-order valence-corrected chi connectivity index (χ2v) is 7.28. The number of nitrogens with zero attached hydrogens (tertiary/aromatic N) is 3. The van der Waals surface area contributed by atoms with E-state index in [4.69, 9.17) is 9.47 Å². The van der Waals surface area contributed by atoms with E-state index in [2.05, 4.69) is 15.6 Å². The van der Waals surface area contributed by atoms with Crippen molar-refractivity contribution in [2.24, 2.45) is 14.1 Å². The van der Waals surface area contributed by atoms with Crippen molar-refractivity contribution in [2.45, 2.75) is 19.3 Å². The second kappa shape index (κ2) is 9.99. The smallest absolute Gasteiger partial charge is 0.329 e. The van der Waals surface area contributed by atoms with Crippen molar-refractivity contribution >= 4 is 28.8 Å². The maximum atomic E-state index is 12.2. The molecule has 0 radical (unpaired) electrons. The topological polar surface area (TPSA) is 116 Å². The Bertz CT molecular complexity index is 1200. The number of hydrogen-bond acceptors (Lipinski definition) is 6. The van der Waals surface area contributed by atoms with Gasteiger partial charge in [0, 0.05) is 33.5 Å². The van der Waals surface area contributed by atoms with E-state index >= 15 is 0 Å². The van der Waals surface area contributed by atoms with Crippen LogP contribution >= 0.6 is 0 Å². The summed E-state index contributed by atoms with van der Waals surface area (Å²) in [7, 11) is 6.43. The maximum absolute atomic E-state index is 12.2. The van der Waals surface area contributed by atoms with E-state index in [0.29, 0.717) is 41.4 Å². The van der Waals surface area contributed by atoms with Crippen molar-refractivity contribution in [3.05, 3.63) is 46.4 Å². The van der Waals surface area contributed by atoms with E-state index in [1.54, 1.807) is 40.4 Å². The number of carbonyl (C=O) groups excluding carboxylic acids is 2. The highest BCUT2D eigenvalue weighted by Crippen LogP contribution is 2.27. The molecule has 10 nitrogen and oxygen atoms in total. The summed E-state index contributed by atoms with van der Waals surface area (Å²) in [4.78, 5) is 40.6. The minimum atomic E-state index is -0.326. The zero-order valence-corrected chi connectivity index (χ0v) is 18.6. The van der Waals surface area contributed by atoms with E-state index in [1.165, 1.54) is 9.13 Å². The van der Waals surface area contributed by atoms with Crippen molar-refractivity contribution in [3.63, 3.8) is 0 Å². The summed E-state index contributed by atoms with van der Waals surface area (Å²) in [6.45, 7) is 0.441. The Hall–Kier alpha value is -3.82. The molecule has 0 spiro atoms. The third kappa shape index (κ3) is 5.08. The Balaban J connectivity index is 1.46. The lowest BCUT2D eigenvalue weighted by Gasteiger charge is -2.10. The summed E-state index contributed by atoms with van der Waals surface area (Å²) in [5.74, 6) is 1.07. The predicted molar refractivity (Wildman–Crippen MR) is 120 cm³/mol. The number of imidazole rings is 1. The van der Waals surface area contributed by atoms with Gasteiger partial charge in [-0.05, 0) is 36.2 Å². The van der Waals surface area contributed by atoms with Crippen LogP contribution in [0.2, 0.25) is 0 Å². The van der Waals surface area contributed by atoms with Gasteiger partial charge >= 0.3 is 5.69 Å². The third-order valence-electron chi connectivity index (χ3n) is 5.14. The Morgan fingerprint density at radius 3 is 2.41 bits per heavy atom. The van der Waals surface area contributed by atoms with E-state index in [-0.39, 0.29) is 30.3 Å². The number of nitrogens with one attached hydrogen (secondary N) is 2.